The van der Waals surface area contributed by atoms with Crippen LogP contribution in [0.2, 0.25) is 0 Å². The van der Waals surface area contributed by atoms with Crippen molar-refractivity contribution in [2.75, 3.05) is 0 Å². The molecule has 0 aliphatic carbocycles. The van der Waals surface area contributed by atoms with Crippen LogP contribution >= 0.6 is 12.6 Å². The van der Waals surface area contributed by atoms with Gasteiger partial charge in [-0.3, -0.25) is 0 Å². The van der Waals surface area contributed by atoms with E-state index in [0.717, 1.165) is 0 Å². The molecule has 24 valence electrons. The van der Waals surface area contributed by atoms with Crippen molar-refractivity contribution in [2.24, 2.45) is 0 Å². The van der Waals surface area contributed by atoms with Crippen LogP contribution in [0.5, 0.6) is 0 Å². The van der Waals surface area contributed by atoms with Gasteiger partial charge in [0.2, 0.25) is 0 Å². The van der Waals surface area contributed by atoms with Crippen molar-refractivity contribution in [3.05, 3.63) is 12.2 Å². The van der Waals surface area contributed by atoms with Crippen molar-refractivity contribution in [3.8, 4) is 0 Å². The Balaban J connectivity index is 1.97. The number of hydrogen-bond acceptors (Lipinski definition) is 1. The van der Waals surface area contributed by atoms with Gasteiger partial charge < -0.3 is 0 Å². The summed E-state index contributed by atoms with van der Waals surface area (Å²) in [7, 11) is 0. The van der Waals surface area contributed by atoms with Crippen LogP contribution < -0.4 is 0 Å². The van der Waals surface area contributed by atoms with Gasteiger partial charge in [-0.25, -0.2) is 0 Å². The molecule has 0 fully saturated rings. The molecule has 0 bridgehead atoms. The molecule has 0 aromatic carbocycles. The summed E-state index contributed by atoms with van der Waals surface area (Å²) in [6, 6.07) is 0. The van der Waals surface area contributed by atoms with E-state index in [4.69, 9.17) is 0 Å². The maximum atomic E-state index is 3.74. The van der Waals surface area contributed by atoms with Crippen LogP contribution in [0.25, 0.3) is 0 Å². The first kappa shape index (κ1) is 4.35. The maximum absolute atomic E-state index is 3.74. The maximum Gasteiger partial charge on any atom is 0.0165 e. The first-order valence-electron chi connectivity index (χ1n) is 1.17. The highest BCUT2D eigenvalue weighted by Crippen LogP contribution is 1.82. The van der Waals surface area contributed by atoms with Gasteiger partial charge in [-0.15, -0.1) is 0 Å². The van der Waals surface area contributed by atoms with Crippen molar-refractivity contribution in [2.45, 2.75) is 6.92 Å². The molecule has 0 rings (SSSR count). The van der Waals surface area contributed by atoms with Crippen molar-refractivity contribution in [1.82, 2.24) is 0 Å². The molecule has 0 N–H and O–H groups in total. The number of thiol groups is 1. The molecule has 0 aromatic rings. The van der Waals surface area contributed by atoms with Crippen LogP contribution in [-0.4, -0.2) is 0 Å². The quantitative estimate of drug-likeness (QED) is 0.445. The second-order valence-corrected chi connectivity index (χ2v) is 0.781. The van der Waals surface area contributed by atoms with E-state index < -0.39 is 0 Å². The minimum absolute atomic E-state index is 1.69. The average molecular weight is 74.1 g/mol. The molecule has 0 aliphatic rings. The van der Waals surface area contributed by atoms with E-state index in [0.29, 0.717) is 0 Å². The lowest BCUT2D eigenvalue weighted by Gasteiger charge is -1.66. The van der Waals surface area contributed by atoms with E-state index >= 15 is 0 Å². The summed E-state index contributed by atoms with van der Waals surface area (Å²) in [6.45, 7) is 1.92. The molecule has 4 heavy (non-hydrogen) atoms. The lowest BCUT2D eigenvalue weighted by atomic mass is 10.6. The van der Waals surface area contributed by atoms with Crippen molar-refractivity contribution < 1.29 is 0 Å². The van der Waals surface area contributed by atoms with Gasteiger partial charge in [-0.2, -0.15) is 12.6 Å². The summed E-state index contributed by atoms with van der Waals surface area (Å²) in [5.74, 6) is 1.69. The van der Waals surface area contributed by atoms with Gasteiger partial charge in [0.25, 0.3) is 0 Å². The summed E-state index contributed by atoms with van der Waals surface area (Å²) in [4.78, 5) is 0. The number of hydrogen-bond donors (Lipinski definition) is 1. The zero-order chi connectivity index (χ0) is 3.41. The topological polar surface area (TPSA) is 0 Å². The highest BCUT2D eigenvalue weighted by molar-refractivity contribution is 7.82. The average Bonchev–Trinajstić information content (AvgIpc) is 1.37. The van der Waals surface area contributed by atoms with Gasteiger partial charge in [0.15, 0.2) is 0 Å². The van der Waals surface area contributed by atoms with Crippen molar-refractivity contribution in [3.63, 3.8) is 0 Å². The van der Waals surface area contributed by atoms with E-state index in [1.807, 2.05) is 13.3 Å². The number of rotatable bonds is 1. The van der Waals surface area contributed by atoms with Gasteiger partial charge in [0.1, 0.15) is 0 Å². The van der Waals surface area contributed by atoms with E-state index in [9.17, 15) is 0 Å². The van der Waals surface area contributed by atoms with Gasteiger partial charge in [-0.1, -0.05) is 6.92 Å². The molecular weight excluding hydrogens is 68.1 g/mol. The van der Waals surface area contributed by atoms with E-state index in [1.165, 1.54) is 0 Å². The molecule has 0 unspecified atom stereocenters. The second kappa shape index (κ2) is 3.35. The molecule has 1 heteroatoms. The largest absolute Gasteiger partial charge is 0.174 e. The Morgan fingerprint density at radius 1 is 1.75 bits per heavy atom. The fraction of sp³-hybridized carbons (Fsp3) is 0.333. The van der Waals surface area contributed by atoms with Gasteiger partial charge in [0, 0.05) is 5.75 Å². The fourth-order valence-electron chi connectivity index (χ4n) is 0. The highest BCUT2D eigenvalue weighted by atomic mass is 32.1. The van der Waals surface area contributed by atoms with Gasteiger partial charge in [0.05, 0.1) is 0 Å². The van der Waals surface area contributed by atoms with Gasteiger partial charge in [-0.05, 0) is 6.42 Å². The normalized spacial score (nSPS) is 7.50. The minimum atomic E-state index is 1.69. The Labute approximate surface area is 32.6 Å². The molecule has 2 radical (unpaired) electrons. The summed E-state index contributed by atoms with van der Waals surface area (Å²) in [6.07, 6.45) is 1.86. The Morgan fingerprint density at radius 2 is 2.00 bits per heavy atom. The van der Waals surface area contributed by atoms with Crippen LogP contribution in [0.3, 0.4) is 0 Å². The highest BCUT2D eigenvalue weighted by Gasteiger charge is 1.58. The lowest BCUT2D eigenvalue weighted by Crippen LogP contribution is -1.47. The predicted molar refractivity (Wildman–Crippen MR) is 23.3 cm³/mol. The summed E-state index contributed by atoms with van der Waals surface area (Å²) < 4.78 is 0. The monoisotopic (exact) mass is 74.0 g/mol. The second-order valence-electron chi connectivity index (χ2n) is 0.482. The van der Waals surface area contributed by atoms with Gasteiger partial charge >= 0.3 is 0 Å². The summed E-state index contributed by atoms with van der Waals surface area (Å²) in [5, 5.41) is 0. The van der Waals surface area contributed by atoms with E-state index in [-0.39, 0.29) is 0 Å². The fourth-order valence-corrected chi connectivity index (χ4v) is 0. The standard InChI is InChI=1S/C3H6S/c1-2-3-4/h2-4H,1H3. The Kier molecular flexibility index (Phi) is 3.64. The van der Waals surface area contributed by atoms with Crippen molar-refractivity contribution >= 4 is 12.6 Å². The Hall–Kier alpha value is 0.350. The molecule has 0 saturated heterocycles. The first-order chi connectivity index (χ1) is 1.91. The molecule has 0 amide bonds. The molecule has 0 nitrogen and oxygen atoms in total. The SMILES string of the molecule is C[CH][CH]S. The van der Waals surface area contributed by atoms with Crippen molar-refractivity contribution in [1.29, 1.82) is 0 Å². The molecular formula is C3H6S. The molecule has 0 saturated carbocycles. The minimum Gasteiger partial charge on any atom is -0.174 e. The molecule has 0 aliphatic heterocycles. The zero-order valence-corrected chi connectivity index (χ0v) is 3.50. The van der Waals surface area contributed by atoms with E-state index in [2.05, 4.69) is 12.6 Å². The van der Waals surface area contributed by atoms with E-state index in [1.54, 1.807) is 5.75 Å². The predicted octanol–water partition coefficient (Wildman–Crippen LogP) is 1.30. The lowest BCUT2D eigenvalue weighted by molar-refractivity contribution is 1.55. The molecule has 0 heterocycles. The zero-order valence-electron chi connectivity index (χ0n) is 2.60. The third-order valence-electron chi connectivity index (χ3n) is 0.149. The summed E-state index contributed by atoms with van der Waals surface area (Å²) in [5.41, 5.74) is 0. The van der Waals surface area contributed by atoms with Crippen LogP contribution in [0.1, 0.15) is 6.92 Å². The molecule has 0 atom stereocenters. The summed E-state index contributed by atoms with van der Waals surface area (Å²) >= 11 is 3.74. The van der Waals surface area contributed by atoms with Crippen LogP contribution in [0, 0.1) is 12.2 Å². The Bertz CT molecular complexity index is 5.25. The smallest absolute Gasteiger partial charge is 0.0165 e. The third-order valence-corrected chi connectivity index (χ3v) is 0.447. The first-order valence-corrected chi connectivity index (χ1v) is 1.69. The molecule has 0 spiro atoms. The third kappa shape index (κ3) is 2.35. The van der Waals surface area contributed by atoms with Crippen LogP contribution in [-0.2, 0) is 0 Å². The van der Waals surface area contributed by atoms with Crippen LogP contribution in [0.15, 0.2) is 0 Å². The van der Waals surface area contributed by atoms with Crippen LogP contribution in [0.4, 0.5) is 0 Å². The molecule has 0 aromatic heterocycles. The Morgan fingerprint density at radius 3 is 2.00 bits per heavy atom.